The maximum absolute atomic E-state index is 12.0. The fourth-order valence-corrected chi connectivity index (χ4v) is 2.22. The summed E-state index contributed by atoms with van der Waals surface area (Å²) in [5, 5.41) is 19.4. The van der Waals surface area contributed by atoms with Crippen LogP contribution in [-0.4, -0.2) is 33.2 Å². The molecule has 0 fully saturated rings. The SMILES string of the molecule is CC(C)CC(NC(=O)Cc1ccc2cn[nH]c2c1)C(=O)O. The van der Waals surface area contributed by atoms with Gasteiger partial charge < -0.3 is 10.4 Å². The highest BCUT2D eigenvalue weighted by Crippen LogP contribution is 2.13. The smallest absolute Gasteiger partial charge is 0.326 e. The van der Waals surface area contributed by atoms with E-state index in [1.807, 2.05) is 32.0 Å². The molecule has 112 valence electrons. The van der Waals surface area contributed by atoms with Gasteiger partial charge in [-0.3, -0.25) is 9.89 Å². The summed E-state index contributed by atoms with van der Waals surface area (Å²) in [5.41, 5.74) is 1.68. The van der Waals surface area contributed by atoms with Gasteiger partial charge in [0.15, 0.2) is 0 Å². The quantitative estimate of drug-likeness (QED) is 0.754. The van der Waals surface area contributed by atoms with Crippen LogP contribution in [0.1, 0.15) is 25.8 Å². The number of amides is 1. The molecular weight excluding hydrogens is 270 g/mol. The molecule has 0 saturated heterocycles. The number of benzene rings is 1. The first-order valence-electron chi connectivity index (χ1n) is 6.90. The lowest BCUT2D eigenvalue weighted by Gasteiger charge is -2.16. The largest absolute Gasteiger partial charge is 0.480 e. The molecule has 2 aromatic rings. The van der Waals surface area contributed by atoms with Crippen LogP contribution in [-0.2, 0) is 16.0 Å². The molecule has 0 aliphatic heterocycles. The Morgan fingerprint density at radius 1 is 1.38 bits per heavy atom. The maximum atomic E-state index is 12.0. The van der Waals surface area contributed by atoms with Gasteiger partial charge in [0.2, 0.25) is 5.91 Å². The van der Waals surface area contributed by atoms with Crippen molar-refractivity contribution < 1.29 is 14.7 Å². The van der Waals surface area contributed by atoms with Gasteiger partial charge in [-0.15, -0.1) is 0 Å². The Morgan fingerprint density at radius 2 is 2.14 bits per heavy atom. The Bertz CT molecular complexity index is 648. The van der Waals surface area contributed by atoms with Gasteiger partial charge in [-0.05, 0) is 24.0 Å². The summed E-state index contributed by atoms with van der Waals surface area (Å²) >= 11 is 0. The first-order valence-corrected chi connectivity index (χ1v) is 6.90. The Kier molecular flexibility index (Phi) is 4.57. The third-order valence-electron chi connectivity index (χ3n) is 3.21. The minimum absolute atomic E-state index is 0.150. The van der Waals surface area contributed by atoms with E-state index in [1.165, 1.54) is 0 Å². The molecule has 1 aromatic carbocycles. The first kappa shape index (κ1) is 15.0. The van der Waals surface area contributed by atoms with Gasteiger partial charge in [0, 0.05) is 5.39 Å². The van der Waals surface area contributed by atoms with Gasteiger partial charge in [0.05, 0.1) is 18.1 Å². The second-order valence-electron chi connectivity index (χ2n) is 5.56. The molecule has 1 amide bonds. The molecule has 3 N–H and O–H groups in total. The average Bonchev–Trinajstić information content (AvgIpc) is 2.84. The molecule has 1 heterocycles. The predicted octanol–water partition coefficient (Wildman–Crippen LogP) is 1.72. The molecule has 6 nitrogen and oxygen atoms in total. The van der Waals surface area contributed by atoms with E-state index in [1.54, 1.807) is 6.20 Å². The summed E-state index contributed by atoms with van der Waals surface area (Å²) in [6.45, 7) is 3.85. The lowest BCUT2D eigenvalue weighted by Crippen LogP contribution is -2.42. The van der Waals surface area contributed by atoms with Gasteiger partial charge in [0.25, 0.3) is 0 Å². The van der Waals surface area contributed by atoms with Gasteiger partial charge in [0.1, 0.15) is 6.04 Å². The lowest BCUT2D eigenvalue weighted by molar-refractivity contribution is -0.142. The van der Waals surface area contributed by atoms with Crippen LogP contribution in [0.3, 0.4) is 0 Å². The number of hydrogen-bond acceptors (Lipinski definition) is 3. The van der Waals surface area contributed by atoms with E-state index < -0.39 is 12.0 Å². The molecule has 0 bridgehead atoms. The number of carboxylic acid groups (broad SMARTS) is 1. The van der Waals surface area contributed by atoms with E-state index in [2.05, 4.69) is 15.5 Å². The Morgan fingerprint density at radius 3 is 2.81 bits per heavy atom. The third-order valence-corrected chi connectivity index (χ3v) is 3.21. The van der Waals surface area contributed by atoms with E-state index in [4.69, 9.17) is 5.11 Å². The predicted molar refractivity (Wildman–Crippen MR) is 78.8 cm³/mol. The maximum Gasteiger partial charge on any atom is 0.326 e. The van der Waals surface area contributed by atoms with Crippen molar-refractivity contribution in [2.24, 2.45) is 5.92 Å². The standard InChI is InChI=1S/C15H19N3O3/c1-9(2)5-13(15(20)21)17-14(19)7-10-3-4-11-8-16-18-12(11)6-10/h3-4,6,8-9,13H,5,7H2,1-2H3,(H,16,18)(H,17,19)(H,20,21). The number of fused-ring (bicyclic) bond motifs is 1. The van der Waals surface area contributed by atoms with Crippen molar-refractivity contribution >= 4 is 22.8 Å². The highest BCUT2D eigenvalue weighted by molar-refractivity contribution is 5.86. The number of rotatable bonds is 6. The Hall–Kier alpha value is -2.37. The molecule has 0 aliphatic carbocycles. The van der Waals surface area contributed by atoms with Crippen molar-refractivity contribution in [2.45, 2.75) is 32.7 Å². The minimum atomic E-state index is -0.999. The lowest BCUT2D eigenvalue weighted by atomic mass is 10.0. The van der Waals surface area contributed by atoms with E-state index >= 15 is 0 Å². The van der Waals surface area contributed by atoms with E-state index in [0.717, 1.165) is 16.5 Å². The van der Waals surface area contributed by atoms with Crippen molar-refractivity contribution in [3.8, 4) is 0 Å². The number of carbonyl (C=O) groups is 2. The second-order valence-corrected chi connectivity index (χ2v) is 5.56. The summed E-state index contributed by atoms with van der Waals surface area (Å²) in [4.78, 5) is 23.1. The zero-order chi connectivity index (χ0) is 15.4. The van der Waals surface area contributed by atoms with E-state index in [0.29, 0.717) is 6.42 Å². The third kappa shape index (κ3) is 4.05. The van der Waals surface area contributed by atoms with Crippen molar-refractivity contribution in [3.63, 3.8) is 0 Å². The number of hydrogen-bond donors (Lipinski definition) is 3. The van der Waals surface area contributed by atoms with Crippen LogP contribution in [0.15, 0.2) is 24.4 Å². The fourth-order valence-electron chi connectivity index (χ4n) is 2.22. The highest BCUT2D eigenvalue weighted by atomic mass is 16.4. The van der Waals surface area contributed by atoms with Crippen LogP contribution >= 0.6 is 0 Å². The molecule has 6 heteroatoms. The number of aromatic amines is 1. The summed E-state index contributed by atoms with van der Waals surface area (Å²) < 4.78 is 0. The number of carboxylic acids is 1. The number of aliphatic carboxylic acids is 1. The fraction of sp³-hybridized carbons (Fsp3) is 0.400. The Labute approximate surface area is 122 Å². The molecule has 0 radical (unpaired) electrons. The van der Waals surface area contributed by atoms with Gasteiger partial charge >= 0.3 is 5.97 Å². The number of nitrogens with zero attached hydrogens (tertiary/aromatic N) is 1. The molecule has 0 aliphatic rings. The normalized spacial score (nSPS) is 12.5. The average molecular weight is 289 g/mol. The molecule has 0 spiro atoms. The molecule has 1 aromatic heterocycles. The molecule has 0 saturated carbocycles. The van der Waals surface area contributed by atoms with Crippen molar-refractivity contribution in [3.05, 3.63) is 30.0 Å². The van der Waals surface area contributed by atoms with Crippen LogP contribution in [0.2, 0.25) is 0 Å². The molecule has 21 heavy (non-hydrogen) atoms. The van der Waals surface area contributed by atoms with Crippen LogP contribution in [0, 0.1) is 5.92 Å². The summed E-state index contributed by atoms with van der Waals surface area (Å²) in [6, 6.07) is 4.73. The molecule has 1 atom stereocenters. The topological polar surface area (TPSA) is 95.1 Å². The summed E-state index contributed by atoms with van der Waals surface area (Å²) in [7, 11) is 0. The zero-order valence-electron chi connectivity index (χ0n) is 12.1. The number of aromatic nitrogens is 2. The minimum Gasteiger partial charge on any atom is -0.480 e. The zero-order valence-corrected chi connectivity index (χ0v) is 12.1. The van der Waals surface area contributed by atoms with Crippen molar-refractivity contribution in [1.82, 2.24) is 15.5 Å². The van der Waals surface area contributed by atoms with Gasteiger partial charge in [-0.2, -0.15) is 5.10 Å². The van der Waals surface area contributed by atoms with Crippen molar-refractivity contribution in [1.29, 1.82) is 0 Å². The van der Waals surface area contributed by atoms with Crippen molar-refractivity contribution in [2.75, 3.05) is 0 Å². The molecule has 2 rings (SSSR count). The van der Waals surface area contributed by atoms with Crippen LogP contribution in [0.25, 0.3) is 10.9 Å². The van der Waals surface area contributed by atoms with E-state index in [-0.39, 0.29) is 18.2 Å². The Balaban J connectivity index is 2.01. The van der Waals surface area contributed by atoms with E-state index in [9.17, 15) is 9.59 Å². The number of carbonyl (C=O) groups excluding carboxylic acids is 1. The van der Waals surface area contributed by atoms with Crippen LogP contribution < -0.4 is 5.32 Å². The highest BCUT2D eigenvalue weighted by Gasteiger charge is 2.21. The van der Waals surface area contributed by atoms with Gasteiger partial charge in [-0.1, -0.05) is 26.0 Å². The first-order chi connectivity index (χ1) is 9.95. The second kappa shape index (κ2) is 6.39. The monoisotopic (exact) mass is 289 g/mol. The summed E-state index contributed by atoms with van der Waals surface area (Å²) in [5.74, 6) is -1.09. The van der Waals surface area contributed by atoms with Crippen LogP contribution in [0.4, 0.5) is 0 Å². The molecular formula is C15H19N3O3. The van der Waals surface area contributed by atoms with Crippen LogP contribution in [0.5, 0.6) is 0 Å². The summed E-state index contributed by atoms with van der Waals surface area (Å²) in [6.07, 6.45) is 2.28. The number of H-pyrrole nitrogens is 1. The van der Waals surface area contributed by atoms with Gasteiger partial charge in [-0.25, -0.2) is 4.79 Å². The molecule has 1 unspecified atom stereocenters. The number of nitrogens with one attached hydrogen (secondary N) is 2.